The number of hydrogen-bond acceptors (Lipinski definition) is 6. The molecule has 0 saturated heterocycles. The van der Waals surface area contributed by atoms with Crippen LogP contribution in [0.25, 0.3) is 0 Å². The van der Waals surface area contributed by atoms with Crippen molar-refractivity contribution in [1.82, 2.24) is 9.73 Å². The van der Waals surface area contributed by atoms with E-state index in [2.05, 4.69) is 10.5 Å². The zero-order valence-corrected chi connectivity index (χ0v) is 19.2. The molecule has 0 fully saturated rings. The van der Waals surface area contributed by atoms with E-state index in [1.807, 2.05) is 48.5 Å². The highest BCUT2D eigenvalue weighted by atomic mass is 32.2. The number of amides is 1. The molecule has 3 rings (SSSR count). The van der Waals surface area contributed by atoms with Crippen LogP contribution in [0.2, 0.25) is 0 Å². The van der Waals surface area contributed by atoms with Crippen molar-refractivity contribution >= 4 is 22.1 Å². The lowest BCUT2D eigenvalue weighted by molar-refractivity contribution is -0.121. The van der Waals surface area contributed by atoms with Crippen molar-refractivity contribution in [3.05, 3.63) is 90.0 Å². The number of ether oxygens (including phenoxy) is 2. The van der Waals surface area contributed by atoms with Gasteiger partial charge in [0, 0.05) is 7.05 Å². The fourth-order valence-electron chi connectivity index (χ4n) is 2.85. The molecule has 1 amide bonds. The summed E-state index contributed by atoms with van der Waals surface area (Å²) in [5.41, 5.74) is 4.12. The predicted molar refractivity (Wildman–Crippen MR) is 126 cm³/mol. The van der Waals surface area contributed by atoms with Crippen LogP contribution >= 0.6 is 0 Å². The molecular formula is C24H25N3O5S. The SMILES string of the molecule is COc1ccc(S(=O)(=O)N(C)CC(=O)N/N=C\c2cccc(OCc3ccccc3)c2)cc1. The molecule has 0 aliphatic carbocycles. The molecule has 0 aliphatic heterocycles. The summed E-state index contributed by atoms with van der Waals surface area (Å²) in [6.45, 7) is 0.0547. The third kappa shape index (κ3) is 6.90. The molecule has 33 heavy (non-hydrogen) atoms. The van der Waals surface area contributed by atoms with E-state index >= 15 is 0 Å². The van der Waals surface area contributed by atoms with E-state index in [1.165, 1.54) is 32.5 Å². The molecule has 0 aromatic heterocycles. The van der Waals surface area contributed by atoms with Gasteiger partial charge in [0.25, 0.3) is 5.91 Å². The van der Waals surface area contributed by atoms with Gasteiger partial charge in [-0.05, 0) is 47.5 Å². The average Bonchev–Trinajstić information content (AvgIpc) is 2.83. The molecule has 0 radical (unpaired) electrons. The van der Waals surface area contributed by atoms with Crippen LogP contribution in [0, 0.1) is 0 Å². The number of rotatable bonds is 10. The van der Waals surface area contributed by atoms with Crippen LogP contribution < -0.4 is 14.9 Å². The van der Waals surface area contributed by atoms with Crippen LogP contribution in [-0.2, 0) is 21.4 Å². The molecule has 172 valence electrons. The van der Waals surface area contributed by atoms with Crippen molar-refractivity contribution < 1.29 is 22.7 Å². The van der Waals surface area contributed by atoms with Gasteiger partial charge in [0.2, 0.25) is 10.0 Å². The Morgan fingerprint density at radius 2 is 1.73 bits per heavy atom. The zero-order valence-electron chi connectivity index (χ0n) is 18.3. The number of methoxy groups -OCH3 is 1. The summed E-state index contributed by atoms with van der Waals surface area (Å²) >= 11 is 0. The van der Waals surface area contributed by atoms with Gasteiger partial charge >= 0.3 is 0 Å². The largest absolute Gasteiger partial charge is 0.497 e. The van der Waals surface area contributed by atoms with Crippen molar-refractivity contribution in [2.24, 2.45) is 5.10 Å². The minimum atomic E-state index is -3.82. The first-order chi connectivity index (χ1) is 15.9. The Morgan fingerprint density at radius 1 is 1.00 bits per heavy atom. The number of hydrogen-bond donors (Lipinski definition) is 1. The highest BCUT2D eigenvalue weighted by molar-refractivity contribution is 7.89. The molecular weight excluding hydrogens is 442 g/mol. The van der Waals surface area contributed by atoms with E-state index in [1.54, 1.807) is 18.2 Å². The third-order valence-corrected chi connectivity index (χ3v) is 6.46. The summed E-state index contributed by atoms with van der Waals surface area (Å²) in [6.07, 6.45) is 1.46. The molecule has 9 heteroatoms. The van der Waals surface area contributed by atoms with Crippen molar-refractivity contribution in [2.45, 2.75) is 11.5 Å². The lowest BCUT2D eigenvalue weighted by atomic mass is 10.2. The van der Waals surface area contributed by atoms with Gasteiger partial charge in [-0.15, -0.1) is 0 Å². The number of likely N-dealkylation sites (N-methyl/N-ethyl adjacent to an activating group) is 1. The number of hydrazone groups is 1. The molecule has 1 N–H and O–H groups in total. The Labute approximate surface area is 193 Å². The fraction of sp³-hybridized carbons (Fsp3) is 0.167. The third-order valence-electron chi connectivity index (χ3n) is 4.64. The van der Waals surface area contributed by atoms with Crippen molar-refractivity contribution in [1.29, 1.82) is 0 Å². The molecule has 0 aliphatic rings. The number of benzene rings is 3. The quantitative estimate of drug-likeness (QED) is 0.365. The summed E-state index contributed by atoms with van der Waals surface area (Å²) in [4.78, 5) is 12.2. The Morgan fingerprint density at radius 3 is 2.42 bits per heavy atom. The Balaban J connectivity index is 1.53. The maximum absolute atomic E-state index is 12.6. The summed E-state index contributed by atoms with van der Waals surface area (Å²) in [5.74, 6) is 0.639. The van der Waals surface area contributed by atoms with Crippen LogP contribution in [0.5, 0.6) is 11.5 Å². The number of sulfonamides is 1. The standard InChI is InChI=1S/C24H25N3O5S/c1-27(33(29,30)23-13-11-21(31-2)12-14-23)17-24(28)26-25-16-20-9-6-10-22(15-20)32-18-19-7-4-3-5-8-19/h3-16H,17-18H2,1-2H3,(H,26,28)/b25-16-. The number of nitrogens with one attached hydrogen (secondary N) is 1. The summed E-state index contributed by atoms with van der Waals surface area (Å²) in [5, 5.41) is 3.91. The van der Waals surface area contributed by atoms with Crippen LogP contribution in [0.4, 0.5) is 0 Å². The molecule has 3 aromatic rings. The number of carbonyl (C=O) groups is 1. The predicted octanol–water partition coefficient (Wildman–Crippen LogP) is 3.05. The summed E-state index contributed by atoms with van der Waals surface area (Å²) in [6, 6.07) is 23.0. The Hall–Kier alpha value is -3.69. The van der Waals surface area contributed by atoms with Crippen LogP contribution in [-0.4, -0.2) is 45.5 Å². The lowest BCUT2D eigenvalue weighted by Crippen LogP contribution is -2.36. The van der Waals surface area contributed by atoms with E-state index in [4.69, 9.17) is 9.47 Å². The minimum absolute atomic E-state index is 0.0643. The van der Waals surface area contributed by atoms with Gasteiger partial charge in [0.1, 0.15) is 18.1 Å². The van der Waals surface area contributed by atoms with Gasteiger partial charge in [-0.25, -0.2) is 13.8 Å². The first kappa shape index (κ1) is 24.0. The fourth-order valence-corrected chi connectivity index (χ4v) is 3.98. The second-order valence-electron chi connectivity index (χ2n) is 7.08. The monoisotopic (exact) mass is 467 g/mol. The van der Waals surface area contributed by atoms with Crippen molar-refractivity contribution in [3.63, 3.8) is 0 Å². The Bertz CT molecular complexity index is 1200. The molecule has 3 aromatic carbocycles. The van der Waals surface area contributed by atoms with Crippen molar-refractivity contribution in [3.8, 4) is 11.5 Å². The summed E-state index contributed by atoms with van der Waals surface area (Å²) in [7, 11) is -0.998. The van der Waals surface area contributed by atoms with Crippen LogP contribution in [0.15, 0.2) is 88.9 Å². The molecule has 0 atom stereocenters. The lowest BCUT2D eigenvalue weighted by Gasteiger charge is -2.16. The van der Waals surface area contributed by atoms with E-state index in [0.29, 0.717) is 18.1 Å². The van der Waals surface area contributed by atoms with Gasteiger partial charge in [0.05, 0.1) is 24.8 Å². The first-order valence-electron chi connectivity index (χ1n) is 10.1. The summed E-state index contributed by atoms with van der Waals surface area (Å²) < 4.78 is 37.0. The van der Waals surface area contributed by atoms with Gasteiger partial charge in [-0.1, -0.05) is 42.5 Å². The molecule has 0 bridgehead atoms. The van der Waals surface area contributed by atoms with Gasteiger partial charge in [-0.3, -0.25) is 4.79 Å². The van der Waals surface area contributed by atoms with E-state index in [0.717, 1.165) is 15.4 Å². The van der Waals surface area contributed by atoms with E-state index in [-0.39, 0.29) is 11.4 Å². The van der Waals surface area contributed by atoms with Gasteiger partial charge < -0.3 is 9.47 Å². The minimum Gasteiger partial charge on any atom is -0.497 e. The van der Waals surface area contributed by atoms with Gasteiger partial charge in [0.15, 0.2) is 0 Å². The normalized spacial score (nSPS) is 11.5. The number of nitrogens with zero attached hydrogens (tertiary/aromatic N) is 2. The highest BCUT2D eigenvalue weighted by Crippen LogP contribution is 2.18. The maximum atomic E-state index is 12.6. The van der Waals surface area contributed by atoms with Crippen LogP contribution in [0.1, 0.15) is 11.1 Å². The maximum Gasteiger partial charge on any atom is 0.255 e. The molecule has 8 nitrogen and oxygen atoms in total. The average molecular weight is 468 g/mol. The topological polar surface area (TPSA) is 97.3 Å². The molecule has 0 saturated carbocycles. The Kier molecular flexibility index (Phi) is 8.17. The van der Waals surface area contributed by atoms with E-state index < -0.39 is 15.9 Å². The smallest absolute Gasteiger partial charge is 0.255 e. The van der Waals surface area contributed by atoms with Gasteiger partial charge in [-0.2, -0.15) is 9.41 Å². The van der Waals surface area contributed by atoms with Crippen LogP contribution in [0.3, 0.4) is 0 Å². The second-order valence-corrected chi connectivity index (χ2v) is 9.12. The molecule has 0 heterocycles. The molecule has 0 unspecified atom stereocenters. The highest BCUT2D eigenvalue weighted by Gasteiger charge is 2.22. The molecule has 0 spiro atoms. The van der Waals surface area contributed by atoms with Crippen molar-refractivity contribution in [2.75, 3.05) is 20.7 Å². The first-order valence-corrected chi connectivity index (χ1v) is 11.5. The second kappa shape index (κ2) is 11.3. The van der Waals surface area contributed by atoms with E-state index in [9.17, 15) is 13.2 Å². The zero-order chi connectivity index (χ0) is 23.7. The number of carbonyl (C=O) groups excluding carboxylic acids is 1.